The van der Waals surface area contributed by atoms with Crippen LogP contribution in [0.5, 0.6) is 0 Å². The van der Waals surface area contributed by atoms with Crippen LogP contribution in [0.25, 0.3) is 0 Å². The summed E-state index contributed by atoms with van der Waals surface area (Å²) in [6, 6.07) is 0. The average Bonchev–Trinajstić information content (AvgIpc) is 3.38. The number of esters is 10. The fourth-order valence-electron chi connectivity index (χ4n) is 8.09. The number of carbonyl (C=O) groups excluding carboxylic acids is 10. The molecule has 2 fully saturated rings. The van der Waals surface area contributed by atoms with Gasteiger partial charge in [0.25, 0.3) is 0 Å². The SMILES string of the molecule is CC(=O)OC[C@H]1O[C@@H](O[C@H]2C=C[C@@H](OCC3=CC=C(CO[C@@H]4C=C[C@H](O[C@@H]5O[C@H](COC(C)=O)[C@H](OC(C)=O)[C@H](OC(C)=O)[C@H]5OC(C)=O)[C@@H](COC(C)=O)O4)SS3)O[C@@H]2COC(C)=O)[C@H](OC(C)=O)[C@@H](OC(C)=O)[C@H]1OC(C)=O. The van der Waals surface area contributed by atoms with Crippen LogP contribution in [0.2, 0.25) is 0 Å². The van der Waals surface area contributed by atoms with Crippen LogP contribution in [0.15, 0.2) is 46.3 Å². The van der Waals surface area contributed by atoms with Crippen LogP contribution in [-0.4, -0.2) is 198 Å². The van der Waals surface area contributed by atoms with E-state index in [0.717, 1.165) is 65.2 Å². The van der Waals surface area contributed by atoms with Gasteiger partial charge in [0.15, 0.2) is 61.8 Å². The highest BCUT2D eigenvalue weighted by Gasteiger charge is 2.55. The maximum atomic E-state index is 12.4. The molecule has 0 aromatic carbocycles. The third-order valence-electron chi connectivity index (χ3n) is 11.1. The first kappa shape index (κ1) is 64.9. The van der Waals surface area contributed by atoms with Crippen LogP contribution in [0.3, 0.4) is 0 Å². The molecule has 80 heavy (non-hydrogen) atoms. The zero-order valence-corrected chi connectivity index (χ0v) is 46.8. The Hall–Kier alpha value is -5.96. The highest BCUT2D eigenvalue weighted by atomic mass is 33.1. The molecule has 5 heterocycles. The largest absolute Gasteiger partial charge is 0.463 e. The summed E-state index contributed by atoms with van der Waals surface area (Å²) >= 11 is 0. The van der Waals surface area contributed by atoms with Gasteiger partial charge in [-0.1, -0.05) is 33.7 Å². The summed E-state index contributed by atoms with van der Waals surface area (Å²) < 4.78 is 103. The predicted molar refractivity (Wildman–Crippen MR) is 266 cm³/mol. The molecule has 5 aliphatic rings. The summed E-state index contributed by atoms with van der Waals surface area (Å²) in [6.45, 7) is 9.54. The summed E-state index contributed by atoms with van der Waals surface area (Å²) in [5.41, 5.74) is 0. The standard InChI is InChI=1S/C50H64O28S2/c1-23(51)61-19-37-35(75-49-47(71-31(9)59)45(69-29(7)57)43(67-27(5)55)39(77-49)21-63-25(3)53)13-15-41(73-37)65-17-33-11-12-34(80-79-33)18-66-42-16-14-36(38(74-42)20-62-24(2)52)76-50-48(72-32(10)60)46(70-30(8)58)44(68-28(6)56)40(78-50)22-64-26(4)54/h11-16,35-50H,17-22H2,1-10H3/t35-,36-,37+,38+,39+,40+,41-,42-,43-,44-,45-,46-,47+,48+,49+,50+/m0/s1. The molecule has 0 aromatic heterocycles. The summed E-state index contributed by atoms with van der Waals surface area (Å²) in [5, 5.41) is 0. The van der Waals surface area contributed by atoms with Crippen LogP contribution < -0.4 is 0 Å². The van der Waals surface area contributed by atoms with E-state index in [4.69, 9.17) is 85.3 Å². The van der Waals surface area contributed by atoms with Gasteiger partial charge in [-0.3, -0.25) is 47.9 Å². The molecule has 0 spiro atoms. The molecule has 444 valence electrons. The summed E-state index contributed by atoms with van der Waals surface area (Å²) in [5.74, 6) is -7.68. The van der Waals surface area contributed by atoms with Gasteiger partial charge in [0, 0.05) is 79.0 Å². The maximum Gasteiger partial charge on any atom is 0.303 e. The second-order valence-electron chi connectivity index (χ2n) is 17.9. The lowest BCUT2D eigenvalue weighted by molar-refractivity contribution is -0.323. The summed E-state index contributed by atoms with van der Waals surface area (Å²) in [6.07, 6.45) is -11.3. The second-order valence-corrected chi connectivity index (χ2v) is 20.2. The predicted octanol–water partition coefficient (Wildman–Crippen LogP) is 1.81. The molecule has 0 aliphatic carbocycles. The van der Waals surface area contributed by atoms with E-state index in [-0.39, 0.29) is 26.4 Å². The molecular weight excluding hydrogens is 1110 g/mol. The Kier molecular flexibility index (Phi) is 25.4. The molecule has 0 amide bonds. The maximum absolute atomic E-state index is 12.4. The van der Waals surface area contributed by atoms with E-state index in [1.54, 1.807) is 12.2 Å². The Labute approximate surface area is 466 Å². The Balaban J connectivity index is 1.26. The van der Waals surface area contributed by atoms with Crippen LogP contribution in [-0.2, 0) is 133 Å². The molecule has 0 radical (unpaired) electrons. The van der Waals surface area contributed by atoms with Gasteiger partial charge in [0.1, 0.15) is 63.1 Å². The summed E-state index contributed by atoms with van der Waals surface area (Å²) in [7, 11) is 2.71. The zero-order valence-electron chi connectivity index (χ0n) is 45.2. The molecule has 5 aliphatic heterocycles. The van der Waals surface area contributed by atoms with E-state index < -0.39 is 171 Å². The highest BCUT2D eigenvalue weighted by Crippen LogP contribution is 2.41. The van der Waals surface area contributed by atoms with Gasteiger partial charge >= 0.3 is 59.7 Å². The number of hydrogen-bond acceptors (Lipinski definition) is 30. The lowest BCUT2D eigenvalue weighted by atomic mass is 9.97. The molecule has 0 bridgehead atoms. The van der Waals surface area contributed by atoms with Crippen LogP contribution in [0.4, 0.5) is 0 Å². The fraction of sp³-hybridized carbons (Fsp3) is 0.640. The van der Waals surface area contributed by atoms with Crippen molar-refractivity contribution in [1.82, 2.24) is 0 Å². The van der Waals surface area contributed by atoms with Crippen molar-refractivity contribution >= 4 is 81.3 Å². The van der Waals surface area contributed by atoms with Crippen molar-refractivity contribution in [3.63, 3.8) is 0 Å². The van der Waals surface area contributed by atoms with Crippen molar-refractivity contribution < 1.29 is 133 Å². The molecule has 0 unspecified atom stereocenters. The van der Waals surface area contributed by atoms with Gasteiger partial charge in [-0.2, -0.15) is 0 Å². The molecule has 0 N–H and O–H groups in total. The van der Waals surface area contributed by atoms with E-state index >= 15 is 0 Å². The smallest absolute Gasteiger partial charge is 0.303 e. The first-order valence-electron chi connectivity index (χ1n) is 24.7. The second kappa shape index (κ2) is 31.3. The van der Waals surface area contributed by atoms with Crippen LogP contribution in [0, 0.1) is 0 Å². The van der Waals surface area contributed by atoms with Crippen molar-refractivity contribution in [1.29, 1.82) is 0 Å². The van der Waals surface area contributed by atoms with E-state index in [0.29, 0.717) is 0 Å². The molecule has 16 atom stereocenters. The quantitative estimate of drug-likeness (QED) is 0.0575. The third-order valence-corrected chi connectivity index (χ3v) is 13.7. The fourth-order valence-corrected chi connectivity index (χ4v) is 10.0. The van der Waals surface area contributed by atoms with Crippen molar-refractivity contribution in [2.45, 2.75) is 168 Å². The number of hydrogen-bond donors (Lipinski definition) is 0. The van der Waals surface area contributed by atoms with Gasteiger partial charge in [-0.25, -0.2) is 0 Å². The number of carbonyl (C=O) groups is 10. The third kappa shape index (κ3) is 20.9. The molecule has 5 rings (SSSR count). The van der Waals surface area contributed by atoms with E-state index in [2.05, 4.69) is 0 Å². The zero-order chi connectivity index (χ0) is 58.8. The first-order valence-corrected chi connectivity index (χ1v) is 26.8. The van der Waals surface area contributed by atoms with Crippen molar-refractivity contribution in [3.8, 4) is 0 Å². The van der Waals surface area contributed by atoms with Gasteiger partial charge in [-0.05, 0) is 24.3 Å². The van der Waals surface area contributed by atoms with Crippen molar-refractivity contribution in [3.05, 3.63) is 46.3 Å². The monoisotopic (exact) mass is 1180 g/mol. The lowest BCUT2D eigenvalue weighted by Crippen LogP contribution is -2.63. The summed E-state index contributed by atoms with van der Waals surface area (Å²) in [4.78, 5) is 123. The topological polar surface area (TPSA) is 337 Å². The molecule has 30 heteroatoms. The van der Waals surface area contributed by atoms with Gasteiger partial charge in [-0.15, -0.1) is 0 Å². The van der Waals surface area contributed by atoms with E-state index in [1.165, 1.54) is 59.7 Å². The van der Waals surface area contributed by atoms with E-state index in [9.17, 15) is 47.9 Å². The molecule has 0 aromatic rings. The molecule has 0 saturated carbocycles. The normalized spacial score (nSPS) is 30.9. The molecular formula is C50H64O28S2. The van der Waals surface area contributed by atoms with Gasteiger partial charge in [0.05, 0.1) is 13.2 Å². The van der Waals surface area contributed by atoms with E-state index in [1.807, 2.05) is 0 Å². The Morgan fingerprint density at radius 3 is 0.938 bits per heavy atom. The minimum Gasteiger partial charge on any atom is -0.463 e. The molecule has 28 nitrogen and oxygen atoms in total. The lowest BCUT2D eigenvalue weighted by Gasteiger charge is -2.45. The van der Waals surface area contributed by atoms with Crippen LogP contribution >= 0.6 is 21.6 Å². The first-order chi connectivity index (χ1) is 37.8. The Morgan fingerprint density at radius 2 is 0.650 bits per heavy atom. The Morgan fingerprint density at radius 1 is 0.362 bits per heavy atom. The number of rotatable bonds is 24. The average molecular weight is 1180 g/mol. The van der Waals surface area contributed by atoms with Crippen molar-refractivity contribution in [2.75, 3.05) is 39.6 Å². The van der Waals surface area contributed by atoms with Crippen LogP contribution in [0.1, 0.15) is 69.2 Å². The van der Waals surface area contributed by atoms with Gasteiger partial charge < -0.3 is 85.3 Å². The number of ether oxygens (including phenoxy) is 18. The minimum atomic E-state index is -1.57. The number of allylic oxidation sites excluding steroid dienone is 2. The minimum absolute atomic E-state index is 0.0378. The Bertz CT molecular complexity index is 2210. The molecule has 2 saturated heterocycles. The highest BCUT2D eigenvalue weighted by molar-refractivity contribution is 8.79. The van der Waals surface area contributed by atoms with Crippen molar-refractivity contribution in [2.24, 2.45) is 0 Å². The van der Waals surface area contributed by atoms with Gasteiger partial charge in [0.2, 0.25) is 0 Å².